The molecule has 0 aliphatic carbocycles. The highest BCUT2D eigenvalue weighted by Gasteiger charge is 2.10. The Labute approximate surface area is 125 Å². The van der Waals surface area contributed by atoms with E-state index in [1.165, 1.54) is 28.4 Å². The Morgan fingerprint density at radius 3 is 2.75 bits per heavy atom. The molecular weight excluding hydrogens is 296 g/mol. The lowest BCUT2D eigenvalue weighted by Crippen LogP contribution is -2.13. The zero-order valence-electron chi connectivity index (χ0n) is 10.9. The first-order valence-electron chi connectivity index (χ1n) is 5.93. The third-order valence-corrected chi connectivity index (χ3v) is 4.56. The van der Waals surface area contributed by atoms with Crippen molar-refractivity contribution in [2.75, 3.05) is 18.6 Å². The van der Waals surface area contributed by atoms with Crippen molar-refractivity contribution in [2.24, 2.45) is 0 Å². The van der Waals surface area contributed by atoms with Crippen molar-refractivity contribution < 1.29 is 9.53 Å². The molecule has 0 saturated carbocycles. The SMILES string of the molecule is COC(=O)Cn1nnnc1SCCSc1ccccc1. The highest BCUT2D eigenvalue weighted by Crippen LogP contribution is 2.21. The first-order chi connectivity index (χ1) is 9.79. The second-order valence-electron chi connectivity index (χ2n) is 3.71. The largest absolute Gasteiger partial charge is 0.468 e. The molecule has 1 heterocycles. The number of methoxy groups -OCH3 is 1. The lowest BCUT2D eigenvalue weighted by Gasteiger charge is -2.03. The number of carbonyl (C=O) groups is 1. The molecule has 0 aliphatic heterocycles. The number of tetrazole rings is 1. The fourth-order valence-electron chi connectivity index (χ4n) is 1.40. The van der Waals surface area contributed by atoms with Crippen molar-refractivity contribution in [3.05, 3.63) is 30.3 Å². The van der Waals surface area contributed by atoms with Crippen molar-refractivity contribution in [1.82, 2.24) is 20.2 Å². The van der Waals surface area contributed by atoms with Crippen LogP contribution in [0.5, 0.6) is 0 Å². The summed E-state index contributed by atoms with van der Waals surface area (Å²) in [6.07, 6.45) is 0. The lowest BCUT2D eigenvalue weighted by atomic mass is 10.4. The van der Waals surface area contributed by atoms with Gasteiger partial charge in [0.2, 0.25) is 5.16 Å². The minimum Gasteiger partial charge on any atom is -0.468 e. The number of aromatic nitrogens is 4. The van der Waals surface area contributed by atoms with Crippen LogP contribution in [-0.2, 0) is 16.1 Å². The third kappa shape index (κ3) is 4.53. The van der Waals surface area contributed by atoms with Gasteiger partial charge in [-0.3, -0.25) is 4.79 Å². The summed E-state index contributed by atoms with van der Waals surface area (Å²) < 4.78 is 6.04. The van der Waals surface area contributed by atoms with Crippen LogP contribution in [0.4, 0.5) is 0 Å². The van der Waals surface area contributed by atoms with Gasteiger partial charge in [-0.05, 0) is 22.6 Å². The molecule has 0 amide bonds. The first-order valence-corrected chi connectivity index (χ1v) is 7.90. The number of nitrogens with zero attached hydrogens (tertiary/aromatic N) is 4. The van der Waals surface area contributed by atoms with Gasteiger partial charge < -0.3 is 4.74 Å². The van der Waals surface area contributed by atoms with E-state index in [0.29, 0.717) is 5.16 Å². The molecule has 6 nitrogen and oxygen atoms in total. The van der Waals surface area contributed by atoms with E-state index in [-0.39, 0.29) is 12.5 Å². The first kappa shape index (κ1) is 14.9. The van der Waals surface area contributed by atoms with E-state index in [9.17, 15) is 4.79 Å². The summed E-state index contributed by atoms with van der Waals surface area (Å²) in [4.78, 5) is 12.4. The van der Waals surface area contributed by atoms with Gasteiger partial charge in [0.15, 0.2) is 0 Å². The fourth-order valence-corrected chi connectivity index (χ4v) is 3.17. The van der Waals surface area contributed by atoms with E-state index in [2.05, 4.69) is 32.4 Å². The number of benzene rings is 1. The average molecular weight is 310 g/mol. The van der Waals surface area contributed by atoms with Gasteiger partial charge in [-0.1, -0.05) is 30.0 Å². The van der Waals surface area contributed by atoms with Crippen molar-refractivity contribution >= 4 is 29.5 Å². The van der Waals surface area contributed by atoms with Crippen LogP contribution < -0.4 is 0 Å². The number of rotatable bonds is 7. The van der Waals surface area contributed by atoms with Gasteiger partial charge >= 0.3 is 5.97 Å². The molecule has 0 spiro atoms. The average Bonchev–Trinajstić information content (AvgIpc) is 2.92. The molecule has 0 saturated heterocycles. The summed E-state index contributed by atoms with van der Waals surface area (Å²) in [6, 6.07) is 10.2. The quantitative estimate of drug-likeness (QED) is 0.438. The summed E-state index contributed by atoms with van der Waals surface area (Å²) in [5, 5.41) is 11.9. The minimum atomic E-state index is -0.363. The van der Waals surface area contributed by atoms with Crippen LogP contribution in [0, 0.1) is 0 Å². The molecule has 0 bridgehead atoms. The Bertz CT molecular complexity index is 547. The highest BCUT2D eigenvalue weighted by molar-refractivity contribution is 8.02. The number of hydrogen-bond acceptors (Lipinski definition) is 7. The van der Waals surface area contributed by atoms with Crippen LogP contribution in [0.25, 0.3) is 0 Å². The Kier molecular flexibility index (Phi) is 5.87. The molecule has 0 aliphatic rings. The predicted octanol–water partition coefficient (Wildman–Crippen LogP) is 1.73. The van der Waals surface area contributed by atoms with E-state index in [0.717, 1.165) is 11.5 Å². The lowest BCUT2D eigenvalue weighted by molar-refractivity contribution is -0.141. The zero-order chi connectivity index (χ0) is 14.2. The number of esters is 1. The molecule has 106 valence electrons. The summed E-state index contributed by atoms with van der Waals surface area (Å²) in [5.41, 5.74) is 0. The summed E-state index contributed by atoms with van der Waals surface area (Å²) in [5.74, 6) is 1.44. The van der Waals surface area contributed by atoms with Crippen molar-refractivity contribution in [3.63, 3.8) is 0 Å². The molecule has 0 radical (unpaired) electrons. The molecule has 1 aromatic heterocycles. The maximum atomic E-state index is 11.2. The molecule has 20 heavy (non-hydrogen) atoms. The number of ether oxygens (including phenoxy) is 1. The maximum Gasteiger partial charge on any atom is 0.327 e. The number of thioether (sulfide) groups is 2. The van der Waals surface area contributed by atoms with E-state index < -0.39 is 0 Å². The molecule has 0 fully saturated rings. The molecule has 0 atom stereocenters. The molecule has 0 N–H and O–H groups in total. The van der Waals surface area contributed by atoms with Gasteiger partial charge in [0.05, 0.1) is 7.11 Å². The highest BCUT2D eigenvalue weighted by atomic mass is 32.2. The van der Waals surface area contributed by atoms with Crippen LogP contribution in [0.3, 0.4) is 0 Å². The molecule has 8 heteroatoms. The van der Waals surface area contributed by atoms with Crippen molar-refractivity contribution in [2.45, 2.75) is 16.6 Å². The van der Waals surface area contributed by atoms with E-state index in [1.54, 1.807) is 11.8 Å². The summed E-state index contributed by atoms with van der Waals surface area (Å²) >= 11 is 3.30. The monoisotopic (exact) mass is 310 g/mol. The van der Waals surface area contributed by atoms with Gasteiger partial charge in [0.25, 0.3) is 0 Å². The van der Waals surface area contributed by atoms with Gasteiger partial charge in [0.1, 0.15) is 6.54 Å². The minimum absolute atomic E-state index is 0.0393. The van der Waals surface area contributed by atoms with E-state index in [4.69, 9.17) is 0 Å². The van der Waals surface area contributed by atoms with Gasteiger partial charge in [-0.15, -0.1) is 16.9 Å². The van der Waals surface area contributed by atoms with E-state index >= 15 is 0 Å². The molecule has 2 rings (SSSR count). The fraction of sp³-hybridized carbons (Fsp3) is 0.333. The predicted molar refractivity (Wildman–Crippen MR) is 77.7 cm³/mol. The van der Waals surface area contributed by atoms with Gasteiger partial charge in [0, 0.05) is 16.4 Å². The number of carbonyl (C=O) groups excluding carboxylic acids is 1. The van der Waals surface area contributed by atoms with E-state index in [1.807, 2.05) is 18.2 Å². The van der Waals surface area contributed by atoms with Crippen molar-refractivity contribution in [3.8, 4) is 0 Å². The number of hydrogen-bond donors (Lipinski definition) is 0. The molecule has 1 aromatic carbocycles. The maximum absolute atomic E-state index is 11.2. The standard InChI is InChI=1S/C12H14N4O2S2/c1-18-11(17)9-16-12(13-14-15-16)20-8-7-19-10-5-3-2-4-6-10/h2-6H,7-9H2,1H3. The van der Waals surface area contributed by atoms with Gasteiger partial charge in [-0.2, -0.15) is 0 Å². The van der Waals surface area contributed by atoms with Gasteiger partial charge in [-0.25, -0.2) is 4.68 Å². The van der Waals surface area contributed by atoms with Crippen LogP contribution in [0.1, 0.15) is 0 Å². The summed E-state index contributed by atoms with van der Waals surface area (Å²) in [7, 11) is 1.34. The Morgan fingerprint density at radius 2 is 2.00 bits per heavy atom. The van der Waals surface area contributed by atoms with Crippen LogP contribution in [0.15, 0.2) is 40.4 Å². The second-order valence-corrected chi connectivity index (χ2v) is 5.94. The Balaban J connectivity index is 1.77. The summed E-state index contributed by atoms with van der Waals surface area (Å²) in [6.45, 7) is 0.0393. The second kappa shape index (κ2) is 7.91. The van der Waals surface area contributed by atoms with Crippen LogP contribution in [0.2, 0.25) is 0 Å². The smallest absolute Gasteiger partial charge is 0.327 e. The third-order valence-electron chi connectivity index (χ3n) is 2.33. The molecule has 0 unspecified atom stereocenters. The van der Waals surface area contributed by atoms with Crippen LogP contribution >= 0.6 is 23.5 Å². The molecule has 2 aromatic rings. The topological polar surface area (TPSA) is 69.9 Å². The Hall–Kier alpha value is -1.54. The molecular formula is C12H14N4O2S2. The zero-order valence-corrected chi connectivity index (χ0v) is 12.6. The van der Waals surface area contributed by atoms with Crippen LogP contribution in [-0.4, -0.2) is 44.8 Å². The normalized spacial score (nSPS) is 10.4. The Morgan fingerprint density at radius 1 is 1.25 bits per heavy atom. The van der Waals surface area contributed by atoms with Crippen molar-refractivity contribution in [1.29, 1.82) is 0 Å².